The van der Waals surface area contributed by atoms with Gasteiger partial charge in [-0.15, -0.1) is 0 Å². The van der Waals surface area contributed by atoms with E-state index in [0.717, 1.165) is 12.8 Å². The quantitative estimate of drug-likeness (QED) is 0.649. The second-order valence-corrected chi connectivity index (χ2v) is 6.20. The van der Waals surface area contributed by atoms with Crippen LogP contribution in [0.3, 0.4) is 0 Å². The number of rotatable bonds is 6. The predicted octanol–water partition coefficient (Wildman–Crippen LogP) is 2.32. The summed E-state index contributed by atoms with van der Waals surface area (Å²) >= 11 is 1.28. The highest BCUT2D eigenvalue weighted by Crippen LogP contribution is 2.36. The van der Waals surface area contributed by atoms with Crippen LogP contribution in [0.4, 0.5) is 5.69 Å². The van der Waals surface area contributed by atoms with Gasteiger partial charge in [0.15, 0.2) is 5.16 Å². The molecule has 1 fully saturated rings. The maximum absolute atomic E-state index is 12.1. The number of hydrogen-bond acceptors (Lipinski definition) is 5. The molecule has 0 aliphatic heterocycles. The number of benzene rings is 1. The number of anilines is 1. The predicted molar refractivity (Wildman–Crippen MR) is 89.1 cm³/mol. The maximum atomic E-state index is 12.1. The second-order valence-electron chi connectivity index (χ2n) is 5.26. The molecule has 0 bridgehead atoms. The zero-order valence-corrected chi connectivity index (χ0v) is 13.5. The summed E-state index contributed by atoms with van der Waals surface area (Å²) in [6.45, 7) is 0. The van der Waals surface area contributed by atoms with E-state index in [4.69, 9.17) is 4.74 Å². The van der Waals surface area contributed by atoms with E-state index < -0.39 is 0 Å². The van der Waals surface area contributed by atoms with Crippen LogP contribution < -0.4 is 15.6 Å². The molecule has 120 valence electrons. The molecular formula is C16H17N3O3S. The molecule has 1 N–H and O–H groups in total. The summed E-state index contributed by atoms with van der Waals surface area (Å²) in [6.07, 6.45) is 3.94. The molecule has 0 saturated heterocycles. The summed E-state index contributed by atoms with van der Waals surface area (Å²) in [5.74, 6) is 0.729. The normalized spacial score (nSPS) is 13.6. The van der Waals surface area contributed by atoms with Crippen LogP contribution in [0, 0.1) is 0 Å². The summed E-state index contributed by atoms with van der Waals surface area (Å²) in [5.41, 5.74) is 0.396. The molecule has 1 aliphatic carbocycles. The first-order valence-corrected chi connectivity index (χ1v) is 8.30. The fourth-order valence-electron chi connectivity index (χ4n) is 2.16. The molecular weight excluding hydrogens is 314 g/mol. The van der Waals surface area contributed by atoms with Crippen molar-refractivity contribution in [3.05, 3.63) is 46.9 Å². The number of aromatic nitrogens is 2. The smallest absolute Gasteiger partial charge is 0.273 e. The molecule has 0 spiro atoms. The van der Waals surface area contributed by atoms with Gasteiger partial charge in [0.1, 0.15) is 5.75 Å². The summed E-state index contributed by atoms with van der Waals surface area (Å²) in [7, 11) is 1.58. The highest BCUT2D eigenvalue weighted by molar-refractivity contribution is 7.99. The van der Waals surface area contributed by atoms with Crippen molar-refractivity contribution >= 4 is 23.4 Å². The summed E-state index contributed by atoms with van der Waals surface area (Å²) in [5, 5.41) is 3.41. The van der Waals surface area contributed by atoms with Gasteiger partial charge in [-0.1, -0.05) is 17.8 Å². The summed E-state index contributed by atoms with van der Waals surface area (Å²) in [4.78, 5) is 27.5. The van der Waals surface area contributed by atoms with Crippen molar-refractivity contribution in [1.82, 2.24) is 9.55 Å². The van der Waals surface area contributed by atoms with Crippen molar-refractivity contribution in [2.24, 2.45) is 0 Å². The van der Waals surface area contributed by atoms with Gasteiger partial charge in [-0.2, -0.15) is 4.98 Å². The van der Waals surface area contributed by atoms with Crippen LogP contribution in [0.25, 0.3) is 0 Å². The lowest BCUT2D eigenvalue weighted by molar-refractivity contribution is -0.113. The number of ether oxygens (including phenoxy) is 1. The molecule has 1 aromatic carbocycles. The van der Waals surface area contributed by atoms with E-state index in [1.54, 1.807) is 25.4 Å². The van der Waals surface area contributed by atoms with Crippen LogP contribution in [-0.4, -0.2) is 28.3 Å². The van der Waals surface area contributed by atoms with Gasteiger partial charge in [-0.3, -0.25) is 9.59 Å². The lowest BCUT2D eigenvalue weighted by Crippen LogP contribution is -2.17. The molecule has 1 amide bonds. The molecule has 1 heterocycles. The molecule has 6 nitrogen and oxygen atoms in total. The van der Waals surface area contributed by atoms with Gasteiger partial charge < -0.3 is 14.6 Å². The highest BCUT2D eigenvalue weighted by Gasteiger charge is 2.25. The lowest BCUT2D eigenvalue weighted by atomic mass is 10.3. The highest BCUT2D eigenvalue weighted by atomic mass is 32.2. The molecule has 1 saturated carbocycles. The Morgan fingerprint density at radius 2 is 2.26 bits per heavy atom. The Labute approximate surface area is 137 Å². The molecule has 1 aromatic heterocycles. The molecule has 0 unspecified atom stereocenters. The molecule has 1 aliphatic rings. The average Bonchev–Trinajstić information content (AvgIpc) is 3.38. The van der Waals surface area contributed by atoms with Crippen molar-refractivity contribution in [3.8, 4) is 5.75 Å². The molecule has 7 heteroatoms. The minimum absolute atomic E-state index is 0.149. The third-order valence-corrected chi connectivity index (χ3v) is 4.40. The van der Waals surface area contributed by atoms with Gasteiger partial charge >= 0.3 is 0 Å². The van der Waals surface area contributed by atoms with Crippen LogP contribution in [0.15, 0.2) is 46.5 Å². The van der Waals surface area contributed by atoms with E-state index in [0.29, 0.717) is 22.6 Å². The Morgan fingerprint density at radius 3 is 3.00 bits per heavy atom. The van der Waals surface area contributed by atoms with Crippen LogP contribution in [-0.2, 0) is 4.79 Å². The number of carbonyl (C=O) groups excluding carboxylic acids is 1. The first kappa shape index (κ1) is 15.6. The molecule has 23 heavy (non-hydrogen) atoms. The number of hydrogen-bond donors (Lipinski definition) is 1. The third kappa shape index (κ3) is 4.13. The van der Waals surface area contributed by atoms with E-state index >= 15 is 0 Å². The lowest BCUT2D eigenvalue weighted by Gasteiger charge is -2.10. The van der Waals surface area contributed by atoms with Crippen LogP contribution >= 0.6 is 11.8 Å². The minimum Gasteiger partial charge on any atom is -0.497 e. The van der Waals surface area contributed by atoms with E-state index in [1.165, 1.54) is 17.8 Å². The van der Waals surface area contributed by atoms with Crippen molar-refractivity contribution < 1.29 is 9.53 Å². The van der Waals surface area contributed by atoms with Crippen molar-refractivity contribution in [3.63, 3.8) is 0 Å². The summed E-state index contributed by atoms with van der Waals surface area (Å²) < 4.78 is 7.10. The fourth-order valence-corrected chi connectivity index (χ4v) is 3.01. The van der Waals surface area contributed by atoms with Gasteiger partial charge in [-0.25, -0.2) is 0 Å². The van der Waals surface area contributed by atoms with Gasteiger partial charge in [-0.05, 0) is 25.0 Å². The van der Waals surface area contributed by atoms with Gasteiger partial charge in [0.05, 0.1) is 12.9 Å². The Morgan fingerprint density at radius 1 is 1.43 bits per heavy atom. The van der Waals surface area contributed by atoms with E-state index in [9.17, 15) is 9.59 Å². The Hall–Kier alpha value is -2.28. The summed E-state index contributed by atoms with van der Waals surface area (Å²) in [6, 6.07) is 9.04. The molecule has 0 atom stereocenters. The molecule has 0 radical (unpaired) electrons. The minimum atomic E-state index is -0.280. The Bertz CT molecular complexity index is 771. The molecule has 2 aromatic rings. The fraction of sp³-hybridized carbons (Fsp3) is 0.312. The van der Waals surface area contributed by atoms with Crippen molar-refractivity contribution in [1.29, 1.82) is 0 Å². The average molecular weight is 331 g/mol. The zero-order chi connectivity index (χ0) is 16.2. The standard InChI is InChI=1S/C16H17N3O3S/c1-22-13-4-2-3-11(9-13)17-15(21)10-23-16-18-14(20)7-8-19(16)12-5-6-12/h2-4,7-9,12H,5-6,10H2,1H3,(H,17,21). The van der Waals surface area contributed by atoms with Crippen molar-refractivity contribution in [2.45, 2.75) is 24.0 Å². The van der Waals surface area contributed by atoms with Crippen molar-refractivity contribution in [2.75, 3.05) is 18.2 Å². The number of nitrogens with zero attached hydrogens (tertiary/aromatic N) is 2. The van der Waals surface area contributed by atoms with Crippen LogP contribution in [0.2, 0.25) is 0 Å². The number of methoxy groups -OCH3 is 1. The number of amides is 1. The Balaban J connectivity index is 1.63. The van der Waals surface area contributed by atoms with E-state index in [2.05, 4.69) is 10.3 Å². The number of carbonyl (C=O) groups is 1. The van der Waals surface area contributed by atoms with Gasteiger partial charge in [0, 0.05) is 30.1 Å². The zero-order valence-electron chi connectivity index (χ0n) is 12.7. The van der Waals surface area contributed by atoms with E-state index in [-0.39, 0.29) is 17.2 Å². The van der Waals surface area contributed by atoms with Gasteiger partial charge in [0.25, 0.3) is 5.56 Å². The topological polar surface area (TPSA) is 73.2 Å². The maximum Gasteiger partial charge on any atom is 0.273 e. The van der Waals surface area contributed by atoms with Crippen LogP contribution in [0.1, 0.15) is 18.9 Å². The SMILES string of the molecule is COc1cccc(NC(=O)CSc2nc(=O)ccn2C2CC2)c1. The number of nitrogens with one attached hydrogen (secondary N) is 1. The van der Waals surface area contributed by atoms with Crippen LogP contribution in [0.5, 0.6) is 5.75 Å². The first-order valence-electron chi connectivity index (χ1n) is 7.31. The third-order valence-electron chi connectivity index (χ3n) is 3.43. The monoisotopic (exact) mass is 331 g/mol. The van der Waals surface area contributed by atoms with Gasteiger partial charge in [0.2, 0.25) is 5.91 Å². The molecule has 3 rings (SSSR count). The largest absolute Gasteiger partial charge is 0.497 e. The van der Waals surface area contributed by atoms with E-state index in [1.807, 2.05) is 16.7 Å². The number of thioether (sulfide) groups is 1. The second kappa shape index (κ2) is 6.87. The first-order chi connectivity index (χ1) is 11.2. The Kier molecular flexibility index (Phi) is 4.66.